The van der Waals surface area contributed by atoms with Crippen molar-refractivity contribution < 1.29 is 0 Å². The first-order valence-corrected chi connectivity index (χ1v) is 5.68. The minimum Gasteiger partial charge on any atom is -0.314 e. The molecule has 2 aliphatic carbocycles. The number of hydrogen-bond acceptors (Lipinski definition) is 1. The second-order valence-electron chi connectivity index (χ2n) is 4.52. The first-order chi connectivity index (χ1) is 5.95. The van der Waals surface area contributed by atoms with Gasteiger partial charge in [0.25, 0.3) is 0 Å². The lowest BCUT2D eigenvalue weighted by molar-refractivity contribution is 0.333. The Hall–Kier alpha value is -0.0400. The van der Waals surface area contributed by atoms with Gasteiger partial charge >= 0.3 is 0 Å². The zero-order valence-electron chi connectivity index (χ0n) is 8.02. The van der Waals surface area contributed by atoms with E-state index in [1.165, 1.54) is 57.9 Å². The minimum absolute atomic E-state index is 0.911. The fourth-order valence-electron chi connectivity index (χ4n) is 2.25. The summed E-state index contributed by atoms with van der Waals surface area (Å²) in [5, 5.41) is 3.60. The van der Waals surface area contributed by atoms with Crippen molar-refractivity contribution in [1.82, 2.24) is 5.32 Å². The van der Waals surface area contributed by atoms with Crippen molar-refractivity contribution in [3.05, 3.63) is 0 Å². The molecule has 0 aliphatic heterocycles. The molecule has 0 unspecified atom stereocenters. The van der Waals surface area contributed by atoms with Crippen LogP contribution >= 0.6 is 0 Å². The maximum Gasteiger partial charge on any atom is 0.00682 e. The Bertz CT molecular complexity index is 123. The van der Waals surface area contributed by atoms with Crippen LogP contribution in [-0.2, 0) is 0 Å². The van der Waals surface area contributed by atoms with Crippen LogP contribution in [0.2, 0.25) is 0 Å². The van der Waals surface area contributed by atoms with Gasteiger partial charge in [0.2, 0.25) is 0 Å². The van der Waals surface area contributed by atoms with E-state index in [1.807, 2.05) is 0 Å². The summed E-state index contributed by atoms with van der Waals surface area (Å²) < 4.78 is 0. The largest absolute Gasteiger partial charge is 0.314 e. The summed E-state index contributed by atoms with van der Waals surface area (Å²) in [6, 6.07) is 0.911. The van der Waals surface area contributed by atoms with Gasteiger partial charge in [0.05, 0.1) is 0 Å². The van der Waals surface area contributed by atoms with Gasteiger partial charge < -0.3 is 5.32 Å². The van der Waals surface area contributed by atoms with Crippen LogP contribution in [0.3, 0.4) is 0 Å². The molecule has 0 aromatic rings. The standard InChI is InChI=1S/C11H21N/c1-2-4-10(5-3-1)8-9-12-11-6-7-11/h10-12H,1-9H2. The predicted molar refractivity (Wildman–Crippen MR) is 52.2 cm³/mol. The number of rotatable bonds is 4. The molecule has 2 fully saturated rings. The van der Waals surface area contributed by atoms with Crippen molar-refractivity contribution in [2.24, 2.45) is 5.92 Å². The average Bonchev–Trinajstić information content (AvgIpc) is 2.90. The Kier molecular flexibility index (Phi) is 3.04. The molecule has 0 heterocycles. The lowest BCUT2D eigenvalue weighted by Gasteiger charge is -2.21. The summed E-state index contributed by atoms with van der Waals surface area (Å²) >= 11 is 0. The monoisotopic (exact) mass is 167 g/mol. The molecule has 0 saturated heterocycles. The van der Waals surface area contributed by atoms with Gasteiger partial charge in [0.15, 0.2) is 0 Å². The molecule has 2 rings (SSSR count). The van der Waals surface area contributed by atoms with Crippen molar-refractivity contribution in [2.75, 3.05) is 6.54 Å². The molecule has 0 atom stereocenters. The lowest BCUT2D eigenvalue weighted by Crippen LogP contribution is -2.21. The van der Waals surface area contributed by atoms with E-state index in [9.17, 15) is 0 Å². The van der Waals surface area contributed by atoms with Gasteiger partial charge in [-0.2, -0.15) is 0 Å². The van der Waals surface area contributed by atoms with Crippen LogP contribution in [0.15, 0.2) is 0 Å². The first-order valence-electron chi connectivity index (χ1n) is 5.68. The smallest absolute Gasteiger partial charge is 0.00682 e. The molecule has 0 spiro atoms. The molecule has 12 heavy (non-hydrogen) atoms. The highest BCUT2D eigenvalue weighted by Gasteiger charge is 2.20. The molecule has 2 saturated carbocycles. The molecule has 0 bridgehead atoms. The molecule has 1 heteroatoms. The van der Waals surface area contributed by atoms with Crippen LogP contribution in [0, 0.1) is 5.92 Å². The van der Waals surface area contributed by atoms with Crippen molar-refractivity contribution >= 4 is 0 Å². The van der Waals surface area contributed by atoms with Gasteiger partial charge in [-0.3, -0.25) is 0 Å². The maximum atomic E-state index is 3.60. The van der Waals surface area contributed by atoms with E-state index in [4.69, 9.17) is 0 Å². The Balaban J connectivity index is 1.52. The van der Waals surface area contributed by atoms with E-state index in [0.717, 1.165) is 12.0 Å². The molecule has 2 aliphatic rings. The Morgan fingerprint density at radius 2 is 1.67 bits per heavy atom. The molecule has 0 amide bonds. The maximum absolute atomic E-state index is 3.60. The normalized spacial score (nSPS) is 26.0. The third-order valence-corrected chi connectivity index (χ3v) is 3.29. The molecule has 70 valence electrons. The molecular weight excluding hydrogens is 146 g/mol. The van der Waals surface area contributed by atoms with Gasteiger partial charge in [-0.25, -0.2) is 0 Å². The average molecular weight is 167 g/mol. The van der Waals surface area contributed by atoms with Gasteiger partial charge in [-0.1, -0.05) is 32.1 Å². The van der Waals surface area contributed by atoms with Crippen molar-refractivity contribution in [1.29, 1.82) is 0 Å². The highest BCUT2D eigenvalue weighted by atomic mass is 14.9. The number of hydrogen-bond donors (Lipinski definition) is 1. The minimum atomic E-state index is 0.911. The third kappa shape index (κ3) is 2.78. The molecular formula is C11H21N. The van der Waals surface area contributed by atoms with E-state index < -0.39 is 0 Å². The summed E-state index contributed by atoms with van der Waals surface area (Å²) in [6.45, 7) is 1.29. The van der Waals surface area contributed by atoms with E-state index in [-0.39, 0.29) is 0 Å². The molecule has 0 aromatic heterocycles. The summed E-state index contributed by atoms with van der Waals surface area (Å²) in [6.07, 6.45) is 11.8. The van der Waals surface area contributed by atoms with Crippen LogP contribution in [0.25, 0.3) is 0 Å². The van der Waals surface area contributed by atoms with Gasteiger partial charge in [0, 0.05) is 6.04 Å². The highest BCUT2D eigenvalue weighted by Crippen LogP contribution is 2.26. The fourth-order valence-corrected chi connectivity index (χ4v) is 2.25. The van der Waals surface area contributed by atoms with E-state index in [2.05, 4.69) is 5.32 Å². The van der Waals surface area contributed by atoms with Gasteiger partial charge in [-0.15, -0.1) is 0 Å². The quantitative estimate of drug-likeness (QED) is 0.679. The fraction of sp³-hybridized carbons (Fsp3) is 1.00. The topological polar surface area (TPSA) is 12.0 Å². The summed E-state index contributed by atoms with van der Waals surface area (Å²) in [7, 11) is 0. The van der Waals surface area contributed by atoms with E-state index in [1.54, 1.807) is 0 Å². The van der Waals surface area contributed by atoms with Crippen molar-refractivity contribution in [3.8, 4) is 0 Å². The lowest BCUT2D eigenvalue weighted by atomic mass is 9.87. The molecule has 1 N–H and O–H groups in total. The highest BCUT2D eigenvalue weighted by molar-refractivity contribution is 4.81. The predicted octanol–water partition coefficient (Wildman–Crippen LogP) is 2.71. The molecule has 0 radical (unpaired) electrons. The van der Waals surface area contributed by atoms with E-state index >= 15 is 0 Å². The van der Waals surface area contributed by atoms with Crippen LogP contribution in [0.1, 0.15) is 51.4 Å². The van der Waals surface area contributed by atoms with Crippen LogP contribution in [0.4, 0.5) is 0 Å². The second kappa shape index (κ2) is 4.27. The molecule has 0 aromatic carbocycles. The zero-order chi connectivity index (χ0) is 8.23. The first kappa shape index (κ1) is 8.55. The summed E-state index contributed by atoms with van der Waals surface area (Å²) in [4.78, 5) is 0. The molecule has 1 nitrogen and oxygen atoms in total. The van der Waals surface area contributed by atoms with Crippen LogP contribution in [0.5, 0.6) is 0 Å². The summed E-state index contributed by atoms with van der Waals surface area (Å²) in [5.41, 5.74) is 0. The Morgan fingerprint density at radius 1 is 0.917 bits per heavy atom. The SMILES string of the molecule is C1CCC(CCNC2CC2)CC1. The zero-order valence-corrected chi connectivity index (χ0v) is 8.02. The third-order valence-electron chi connectivity index (χ3n) is 3.29. The van der Waals surface area contributed by atoms with Crippen molar-refractivity contribution in [2.45, 2.75) is 57.4 Å². The van der Waals surface area contributed by atoms with E-state index in [0.29, 0.717) is 0 Å². The van der Waals surface area contributed by atoms with Gasteiger partial charge in [0.1, 0.15) is 0 Å². The van der Waals surface area contributed by atoms with Crippen LogP contribution < -0.4 is 5.32 Å². The second-order valence-corrected chi connectivity index (χ2v) is 4.52. The van der Waals surface area contributed by atoms with Crippen molar-refractivity contribution in [3.63, 3.8) is 0 Å². The van der Waals surface area contributed by atoms with Gasteiger partial charge in [-0.05, 0) is 31.7 Å². The van der Waals surface area contributed by atoms with Crippen LogP contribution in [-0.4, -0.2) is 12.6 Å². The number of nitrogens with one attached hydrogen (secondary N) is 1. The Morgan fingerprint density at radius 3 is 2.33 bits per heavy atom. The Labute approximate surface area is 75.9 Å². The summed E-state index contributed by atoms with van der Waals surface area (Å²) in [5.74, 6) is 1.06.